The predicted octanol–water partition coefficient (Wildman–Crippen LogP) is 3.33. The van der Waals surface area contributed by atoms with E-state index in [1.54, 1.807) is 24.3 Å². The zero-order valence-electron chi connectivity index (χ0n) is 16.7. The number of fused-ring (bicyclic) bond motifs is 4. The lowest BCUT2D eigenvalue weighted by Crippen LogP contribution is -2.79. The van der Waals surface area contributed by atoms with E-state index >= 15 is 0 Å². The third-order valence-corrected chi connectivity index (χ3v) is 6.54. The number of benzene rings is 3. The van der Waals surface area contributed by atoms with Gasteiger partial charge < -0.3 is 9.47 Å². The van der Waals surface area contributed by atoms with Gasteiger partial charge in [0.05, 0.1) is 0 Å². The van der Waals surface area contributed by atoms with E-state index in [9.17, 15) is 9.59 Å². The molecule has 0 unspecified atom stereocenters. The summed E-state index contributed by atoms with van der Waals surface area (Å²) >= 11 is 0. The molecule has 0 N–H and O–H groups in total. The van der Waals surface area contributed by atoms with Crippen LogP contribution in [0.1, 0.15) is 27.0 Å². The molecule has 6 rings (SSSR count). The van der Waals surface area contributed by atoms with Gasteiger partial charge in [0.25, 0.3) is 17.6 Å². The first-order chi connectivity index (χ1) is 15.1. The normalized spacial score (nSPS) is 30.5. The first-order valence-electron chi connectivity index (χ1n) is 10.0. The summed E-state index contributed by atoms with van der Waals surface area (Å²) in [6.07, 6.45) is 1.36. The number of hydrogen-bond donors (Lipinski definition) is 0. The van der Waals surface area contributed by atoms with Crippen molar-refractivity contribution in [1.82, 2.24) is 4.90 Å². The fourth-order valence-electron chi connectivity index (χ4n) is 5.20. The van der Waals surface area contributed by atoms with Crippen LogP contribution in [0.3, 0.4) is 0 Å². The van der Waals surface area contributed by atoms with E-state index in [-0.39, 0.29) is 5.91 Å². The Morgan fingerprint density at radius 1 is 0.806 bits per heavy atom. The molecule has 3 aliphatic rings. The molecular weight excluding hydrogens is 392 g/mol. The summed E-state index contributed by atoms with van der Waals surface area (Å²) in [4.78, 5) is 32.7. The molecule has 6 nitrogen and oxygen atoms in total. The molecule has 3 atom stereocenters. The summed E-state index contributed by atoms with van der Waals surface area (Å²) in [5, 5.41) is 0. The molecule has 31 heavy (non-hydrogen) atoms. The smallest absolute Gasteiger partial charge is 0.273 e. The summed E-state index contributed by atoms with van der Waals surface area (Å²) in [5.41, 5.74) is -0.359. The number of nitrogens with zero attached hydrogens (tertiary/aromatic N) is 2. The fraction of sp³-hybridized carbons (Fsp3) is 0.160. The van der Waals surface area contributed by atoms with Crippen LogP contribution >= 0.6 is 0 Å². The Morgan fingerprint density at radius 3 is 2.13 bits per heavy atom. The summed E-state index contributed by atoms with van der Waals surface area (Å²) in [6, 6.07) is 26.1. The summed E-state index contributed by atoms with van der Waals surface area (Å²) in [6.45, 7) is 0. The quantitative estimate of drug-likeness (QED) is 0.608. The molecule has 0 aromatic heterocycles. The highest BCUT2D eigenvalue weighted by atomic mass is 16.7. The van der Waals surface area contributed by atoms with E-state index in [0.29, 0.717) is 11.1 Å². The predicted molar refractivity (Wildman–Crippen MR) is 112 cm³/mol. The highest BCUT2D eigenvalue weighted by Crippen LogP contribution is 2.71. The van der Waals surface area contributed by atoms with Gasteiger partial charge in [-0.25, -0.2) is 4.99 Å². The van der Waals surface area contributed by atoms with Crippen molar-refractivity contribution in [2.24, 2.45) is 4.99 Å². The molecule has 1 fully saturated rings. The van der Waals surface area contributed by atoms with Crippen LogP contribution in [0, 0.1) is 0 Å². The van der Waals surface area contributed by atoms with E-state index in [0.717, 1.165) is 16.0 Å². The number of carbonyl (C=O) groups is 2. The minimum Gasteiger partial charge on any atom is -0.445 e. The van der Waals surface area contributed by atoms with Gasteiger partial charge in [0, 0.05) is 23.7 Å². The molecule has 1 spiro atoms. The number of aliphatic imine (C=N–C) groups is 1. The minimum atomic E-state index is -1.55. The van der Waals surface area contributed by atoms with Gasteiger partial charge >= 0.3 is 0 Å². The van der Waals surface area contributed by atoms with Crippen molar-refractivity contribution in [3.8, 4) is 0 Å². The summed E-state index contributed by atoms with van der Waals surface area (Å²) in [5.74, 6) is -2.16. The van der Waals surface area contributed by atoms with Crippen molar-refractivity contribution in [3.63, 3.8) is 0 Å². The number of amides is 2. The Bertz CT molecular complexity index is 1260. The molecule has 3 aliphatic heterocycles. The number of imide groups is 1. The molecule has 3 aromatic carbocycles. The number of ether oxygens (including phenoxy) is 2. The molecule has 6 heteroatoms. The Kier molecular flexibility index (Phi) is 3.43. The zero-order chi connectivity index (χ0) is 21.3. The third-order valence-electron chi connectivity index (χ3n) is 6.54. The molecular formula is C25H18N2O4. The van der Waals surface area contributed by atoms with E-state index in [4.69, 9.17) is 14.5 Å². The molecule has 0 radical (unpaired) electrons. The molecule has 1 saturated heterocycles. The number of rotatable bonds is 2. The standard InChI is InChI=1S/C25H18N2O4/c1-27-21(28)19-14-8-9-15-20(19)23(22(27)29)24(17-10-4-2-5-11-17)25(31-23,30-16-26-24)18-12-6-3-7-13-18/h2-16H,1H3/t23-,24+,25-/m1/s1. The molecule has 0 aliphatic carbocycles. The fourth-order valence-corrected chi connectivity index (χ4v) is 5.20. The minimum absolute atomic E-state index is 0.363. The van der Waals surface area contributed by atoms with Crippen molar-refractivity contribution in [3.05, 3.63) is 107 Å². The van der Waals surface area contributed by atoms with Gasteiger partial charge in [0.15, 0.2) is 6.40 Å². The third kappa shape index (κ3) is 1.85. The topological polar surface area (TPSA) is 68.2 Å². The van der Waals surface area contributed by atoms with Gasteiger partial charge in [-0.05, 0) is 11.6 Å². The van der Waals surface area contributed by atoms with Crippen LogP contribution < -0.4 is 0 Å². The maximum Gasteiger partial charge on any atom is 0.273 e. The molecule has 152 valence electrons. The van der Waals surface area contributed by atoms with Crippen molar-refractivity contribution in [2.45, 2.75) is 16.9 Å². The van der Waals surface area contributed by atoms with Gasteiger partial charge in [0.1, 0.15) is 0 Å². The Morgan fingerprint density at radius 2 is 1.42 bits per heavy atom. The first kappa shape index (κ1) is 18.0. The zero-order valence-corrected chi connectivity index (χ0v) is 16.7. The lowest BCUT2D eigenvalue weighted by Gasteiger charge is -2.64. The van der Waals surface area contributed by atoms with E-state index in [1.165, 1.54) is 13.4 Å². The van der Waals surface area contributed by atoms with Crippen LogP contribution in [0.15, 0.2) is 89.9 Å². The molecule has 3 aromatic rings. The van der Waals surface area contributed by atoms with Gasteiger partial charge in [0.2, 0.25) is 11.1 Å². The monoisotopic (exact) mass is 410 g/mol. The van der Waals surface area contributed by atoms with Crippen molar-refractivity contribution in [1.29, 1.82) is 0 Å². The van der Waals surface area contributed by atoms with E-state index in [1.807, 2.05) is 60.7 Å². The van der Waals surface area contributed by atoms with Gasteiger partial charge in [-0.3, -0.25) is 14.5 Å². The Hall–Kier alpha value is -3.77. The first-order valence-corrected chi connectivity index (χ1v) is 10.0. The molecule has 0 saturated carbocycles. The average Bonchev–Trinajstić information content (AvgIpc) is 3.14. The maximum absolute atomic E-state index is 13.8. The molecule has 3 heterocycles. The van der Waals surface area contributed by atoms with Crippen LogP contribution in [0.2, 0.25) is 0 Å². The highest BCUT2D eigenvalue weighted by molar-refractivity contribution is 6.13. The Labute approximate surface area is 178 Å². The second-order valence-corrected chi connectivity index (χ2v) is 7.91. The van der Waals surface area contributed by atoms with Crippen molar-refractivity contribution in [2.75, 3.05) is 7.05 Å². The lowest BCUT2D eigenvalue weighted by atomic mass is 9.57. The number of carbonyl (C=O) groups excluding carboxylic acids is 2. The van der Waals surface area contributed by atoms with Gasteiger partial charge in [-0.15, -0.1) is 0 Å². The highest BCUT2D eigenvalue weighted by Gasteiger charge is 2.86. The number of hydrogen-bond acceptors (Lipinski definition) is 5. The van der Waals surface area contributed by atoms with Crippen LogP contribution in [0.4, 0.5) is 0 Å². The van der Waals surface area contributed by atoms with Crippen LogP contribution in [0.25, 0.3) is 0 Å². The maximum atomic E-state index is 13.8. The van der Waals surface area contributed by atoms with Crippen molar-refractivity contribution >= 4 is 18.2 Å². The molecule has 2 amide bonds. The van der Waals surface area contributed by atoms with Crippen molar-refractivity contribution < 1.29 is 19.1 Å². The number of likely N-dealkylation sites (N-methyl/N-ethyl adjacent to an activating group) is 1. The van der Waals surface area contributed by atoms with Gasteiger partial charge in [-0.1, -0.05) is 78.9 Å². The SMILES string of the molecule is CN1C(=O)c2ccccc2[C@@]2(O[C@@]3(c4ccccc4)OC=N[C@]32c2ccccc2)C1=O. The van der Waals surface area contributed by atoms with Crippen LogP contribution in [-0.2, 0) is 31.2 Å². The van der Waals surface area contributed by atoms with Crippen LogP contribution in [-0.4, -0.2) is 30.2 Å². The second-order valence-electron chi connectivity index (χ2n) is 7.91. The van der Waals surface area contributed by atoms with E-state index < -0.39 is 22.8 Å². The van der Waals surface area contributed by atoms with E-state index in [2.05, 4.69) is 0 Å². The second kappa shape index (κ2) is 5.89. The molecule has 0 bridgehead atoms. The summed E-state index contributed by atoms with van der Waals surface area (Å²) in [7, 11) is 1.48. The van der Waals surface area contributed by atoms with Crippen LogP contribution in [0.5, 0.6) is 0 Å². The van der Waals surface area contributed by atoms with Gasteiger partial charge in [-0.2, -0.15) is 0 Å². The largest absolute Gasteiger partial charge is 0.445 e. The average molecular weight is 410 g/mol. The Balaban J connectivity index is 1.72. The summed E-state index contributed by atoms with van der Waals surface area (Å²) < 4.78 is 12.7. The lowest BCUT2D eigenvalue weighted by molar-refractivity contribution is -0.411.